The molecule has 1 heterocycles. The van der Waals surface area contributed by atoms with Gasteiger partial charge >= 0.3 is 0 Å². The number of rotatable bonds is 7. The van der Waals surface area contributed by atoms with Gasteiger partial charge in [0.05, 0.1) is 5.69 Å². The van der Waals surface area contributed by atoms with Crippen molar-refractivity contribution >= 4 is 11.8 Å². The summed E-state index contributed by atoms with van der Waals surface area (Å²) < 4.78 is 2.51. The zero-order valence-electron chi connectivity index (χ0n) is 12.9. The van der Waals surface area contributed by atoms with Crippen molar-refractivity contribution in [2.24, 2.45) is 0 Å². The van der Waals surface area contributed by atoms with Crippen LogP contribution in [-0.4, -0.2) is 27.0 Å². The van der Waals surface area contributed by atoms with E-state index in [1.165, 1.54) is 55.1 Å². The first-order valence-corrected chi connectivity index (χ1v) is 9.01. The van der Waals surface area contributed by atoms with Gasteiger partial charge in [-0.15, -0.1) is 0 Å². The summed E-state index contributed by atoms with van der Waals surface area (Å²) in [5.74, 6) is 1.11. The lowest BCUT2D eigenvalue weighted by molar-refractivity contribution is 0.284. The van der Waals surface area contributed by atoms with Crippen molar-refractivity contribution in [2.45, 2.75) is 76.4 Å². The Morgan fingerprint density at radius 1 is 1.15 bits per heavy atom. The second-order valence-corrected chi connectivity index (χ2v) is 6.92. The van der Waals surface area contributed by atoms with Crippen LogP contribution in [0.25, 0.3) is 0 Å². The average molecular weight is 296 g/mol. The molecule has 20 heavy (non-hydrogen) atoms. The van der Waals surface area contributed by atoms with Crippen LogP contribution in [0.4, 0.5) is 0 Å². The number of imidazole rings is 1. The molecule has 1 fully saturated rings. The molecule has 3 nitrogen and oxygen atoms in total. The molecule has 1 aliphatic rings. The minimum absolute atomic E-state index is 0.319. The molecule has 4 heteroatoms. The van der Waals surface area contributed by atoms with Crippen LogP contribution < -0.4 is 0 Å². The first-order valence-electron chi connectivity index (χ1n) is 8.03. The Kier molecular flexibility index (Phi) is 6.43. The summed E-state index contributed by atoms with van der Waals surface area (Å²) >= 11 is 1.90. The fraction of sp³-hybridized carbons (Fsp3) is 0.812. The van der Waals surface area contributed by atoms with Crippen molar-refractivity contribution in [1.29, 1.82) is 0 Å². The largest absolute Gasteiger partial charge is 0.396 e. The number of thioether (sulfide) groups is 1. The van der Waals surface area contributed by atoms with Crippen LogP contribution in [0.3, 0.4) is 0 Å². The van der Waals surface area contributed by atoms with E-state index >= 15 is 0 Å². The minimum atomic E-state index is 0.319. The SMILES string of the molecule is Cc1nc(SCCCCCO)n(C2CCCCC2)c1C. The van der Waals surface area contributed by atoms with Gasteiger partial charge in [0.2, 0.25) is 0 Å². The third kappa shape index (κ3) is 4.01. The van der Waals surface area contributed by atoms with Gasteiger partial charge < -0.3 is 9.67 Å². The summed E-state index contributed by atoms with van der Waals surface area (Å²) in [5.41, 5.74) is 2.54. The predicted molar refractivity (Wildman–Crippen MR) is 85.5 cm³/mol. The quantitative estimate of drug-likeness (QED) is 0.603. The maximum Gasteiger partial charge on any atom is 0.168 e. The zero-order chi connectivity index (χ0) is 14.4. The van der Waals surface area contributed by atoms with E-state index in [9.17, 15) is 0 Å². The summed E-state index contributed by atoms with van der Waals surface area (Å²) in [6.07, 6.45) is 9.96. The van der Waals surface area contributed by atoms with E-state index in [0.717, 1.165) is 18.6 Å². The van der Waals surface area contributed by atoms with Crippen LogP contribution in [-0.2, 0) is 0 Å². The molecular formula is C16H28N2OS. The van der Waals surface area contributed by atoms with Gasteiger partial charge in [0.1, 0.15) is 0 Å². The summed E-state index contributed by atoms with van der Waals surface area (Å²) in [4.78, 5) is 4.78. The predicted octanol–water partition coefficient (Wildman–Crippen LogP) is 4.26. The highest BCUT2D eigenvalue weighted by Gasteiger charge is 2.21. The number of hydrogen-bond donors (Lipinski definition) is 1. The molecule has 0 aromatic carbocycles. The number of unbranched alkanes of at least 4 members (excludes halogenated alkanes) is 2. The molecule has 1 aliphatic carbocycles. The molecule has 1 aromatic rings. The highest BCUT2D eigenvalue weighted by atomic mass is 32.2. The fourth-order valence-corrected chi connectivity index (χ4v) is 4.18. The van der Waals surface area contributed by atoms with Gasteiger partial charge in [0.15, 0.2) is 5.16 Å². The van der Waals surface area contributed by atoms with E-state index in [4.69, 9.17) is 10.1 Å². The van der Waals surface area contributed by atoms with Crippen LogP contribution in [0.15, 0.2) is 5.16 Å². The molecule has 0 spiro atoms. The maximum absolute atomic E-state index is 8.81. The normalized spacial score (nSPS) is 16.8. The van der Waals surface area contributed by atoms with Crippen molar-refractivity contribution < 1.29 is 5.11 Å². The summed E-state index contributed by atoms with van der Waals surface area (Å²) in [6, 6.07) is 0.671. The Morgan fingerprint density at radius 3 is 2.60 bits per heavy atom. The molecule has 1 N–H and O–H groups in total. The number of aromatic nitrogens is 2. The molecule has 2 rings (SSSR count). The number of hydrogen-bond acceptors (Lipinski definition) is 3. The van der Waals surface area contributed by atoms with Crippen molar-refractivity contribution in [3.63, 3.8) is 0 Å². The van der Waals surface area contributed by atoms with E-state index in [1.807, 2.05) is 11.8 Å². The van der Waals surface area contributed by atoms with Gasteiger partial charge in [-0.2, -0.15) is 0 Å². The lowest BCUT2D eigenvalue weighted by Crippen LogP contribution is -2.15. The lowest BCUT2D eigenvalue weighted by Gasteiger charge is -2.26. The summed E-state index contributed by atoms with van der Waals surface area (Å²) in [7, 11) is 0. The molecule has 0 radical (unpaired) electrons. The Morgan fingerprint density at radius 2 is 1.90 bits per heavy atom. The average Bonchev–Trinajstić information content (AvgIpc) is 2.75. The first-order chi connectivity index (χ1) is 9.74. The van der Waals surface area contributed by atoms with Crippen LogP contribution in [0.5, 0.6) is 0 Å². The van der Waals surface area contributed by atoms with Crippen LogP contribution in [0.1, 0.15) is 68.8 Å². The molecule has 0 bridgehead atoms. The minimum Gasteiger partial charge on any atom is -0.396 e. The Balaban J connectivity index is 1.98. The molecule has 1 aromatic heterocycles. The van der Waals surface area contributed by atoms with Crippen molar-refractivity contribution in [3.8, 4) is 0 Å². The van der Waals surface area contributed by atoms with E-state index in [-0.39, 0.29) is 0 Å². The van der Waals surface area contributed by atoms with Gasteiger partial charge in [-0.1, -0.05) is 37.4 Å². The molecule has 0 atom stereocenters. The molecule has 0 amide bonds. The van der Waals surface area contributed by atoms with E-state index in [2.05, 4.69) is 18.4 Å². The number of aryl methyl sites for hydroxylation is 1. The van der Waals surface area contributed by atoms with Crippen molar-refractivity contribution in [3.05, 3.63) is 11.4 Å². The van der Waals surface area contributed by atoms with E-state index in [0.29, 0.717) is 12.6 Å². The number of aliphatic hydroxyl groups is 1. The van der Waals surface area contributed by atoms with Gasteiger partial charge in [-0.25, -0.2) is 4.98 Å². The monoisotopic (exact) mass is 296 g/mol. The van der Waals surface area contributed by atoms with E-state index in [1.54, 1.807) is 0 Å². The van der Waals surface area contributed by atoms with Gasteiger partial charge in [0, 0.05) is 24.1 Å². The fourth-order valence-electron chi connectivity index (χ4n) is 3.02. The third-order valence-corrected chi connectivity index (χ3v) is 5.37. The first kappa shape index (κ1) is 15.9. The van der Waals surface area contributed by atoms with Gasteiger partial charge in [-0.05, 0) is 39.5 Å². The topological polar surface area (TPSA) is 38.1 Å². The van der Waals surface area contributed by atoms with Crippen LogP contribution in [0, 0.1) is 13.8 Å². The molecule has 0 saturated heterocycles. The van der Waals surface area contributed by atoms with E-state index < -0.39 is 0 Å². The maximum atomic E-state index is 8.81. The molecular weight excluding hydrogens is 268 g/mol. The van der Waals surface area contributed by atoms with Crippen molar-refractivity contribution in [2.75, 3.05) is 12.4 Å². The number of aliphatic hydroxyl groups excluding tert-OH is 1. The summed E-state index contributed by atoms with van der Waals surface area (Å²) in [6.45, 7) is 4.66. The standard InChI is InChI=1S/C16H28N2OS/c1-13-14(2)18(15-9-5-3-6-10-15)16(17-13)20-12-8-4-7-11-19/h15,19H,3-12H2,1-2H3. The molecule has 0 unspecified atom stereocenters. The van der Waals surface area contributed by atoms with Crippen molar-refractivity contribution in [1.82, 2.24) is 9.55 Å². The second kappa shape index (κ2) is 8.08. The lowest BCUT2D eigenvalue weighted by atomic mass is 9.95. The van der Waals surface area contributed by atoms with Gasteiger partial charge in [-0.3, -0.25) is 0 Å². The molecule has 0 aliphatic heterocycles. The molecule has 114 valence electrons. The van der Waals surface area contributed by atoms with Crippen LogP contribution >= 0.6 is 11.8 Å². The second-order valence-electron chi connectivity index (χ2n) is 5.86. The van der Waals surface area contributed by atoms with Crippen LogP contribution in [0.2, 0.25) is 0 Å². The third-order valence-electron chi connectivity index (χ3n) is 4.33. The van der Waals surface area contributed by atoms with Gasteiger partial charge in [0.25, 0.3) is 0 Å². The molecule has 1 saturated carbocycles. The Hall–Kier alpha value is -0.480. The zero-order valence-corrected chi connectivity index (χ0v) is 13.7. The Bertz CT molecular complexity index is 411. The smallest absolute Gasteiger partial charge is 0.168 e. The number of nitrogens with zero attached hydrogens (tertiary/aromatic N) is 2. The highest BCUT2D eigenvalue weighted by molar-refractivity contribution is 7.99. The highest BCUT2D eigenvalue weighted by Crippen LogP contribution is 2.34. The summed E-state index contributed by atoms with van der Waals surface area (Å²) in [5, 5.41) is 10.0. The Labute approximate surface area is 127 Å².